The summed E-state index contributed by atoms with van der Waals surface area (Å²) in [4.78, 5) is 25.8. The maximum Gasteiger partial charge on any atom is 0.154 e. The van der Waals surface area contributed by atoms with Gasteiger partial charge in [0.2, 0.25) is 0 Å². The van der Waals surface area contributed by atoms with Crippen LogP contribution in [-0.4, -0.2) is 141 Å². The number of halogens is 1. The van der Waals surface area contributed by atoms with Crippen LogP contribution in [0.25, 0.3) is 0 Å². The predicted molar refractivity (Wildman–Crippen MR) is 312 cm³/mol. The number of anilines is 6. The van der Waals surface area contributed by atoms with Crippen molar-refractivity contribution in [2.24, 2.45) is 0 Å². The van der Waals surface area contributed by atoms with Crippen LogP contribution in [0.4, 0.5) is 34.1 Å². The van der Waals surface area contributed by atoms with Gasteiger partial charge in [-0.1, -0.05) is 102 Å². The van der Waals surface area contributed by atoms with Crippen LogP contribution in [0.3, 0.4) is 0 Å². The summed E-state index contributed by atoms with van der Waals surface area (Å²) >= 11 is 10.9. The molecule has 0 radical (unpaired) electrons. The standard InChI is InChI=1S/C21H26ClN3OS.C21H26N2OS2.C17H20N2S/c22-17-6-7-21-19(16-17)25(18-4-1-2-5-20(18)27-21)9-3-8-23-10-12-24(13-11-23)14-15-26;1-22-13-6-5-7-16(22)12-14-23-18-8-3-4-9-20(18)25-21-11-10-17(26(2)24)15-19(21)23;1-18(2)12-7-13-19-14-8-3-5-10-16(14)20-17-11-6-4-9-15(17)19/h1-2,4-7,16,26H,3,8-15H2;3-4,8-11,15-16H,5-7,12-14H2,1-2H3;3-6,8-11H,7,12-13H2,1-2H3. The fraction of sp³-hybridized carbons (Fsp3) is 0.390. The van der Waals surface area contributed by atoms with Crippen LogP contribution in [0, 0.1) is 0 Å². The van der Waals surface area contributed by atoms with E-state index >= 15 is 0 Å². The fourth-order valence-corrected chi connectivity index (χ4v) is 14.4. The first kappa shape index (κ1) is 54.0. The third-order valence-electron chi connectivity index (χ3n) is 14.4. The molecular weight excluding hydrogens is 1000 g/mol. The highest BCUT2D eigenvalue weighted by molar-refractivity contribution is 8.00. The van der Waals surface area contributed by atoms with Crippen LogP contribution >= 0.6 is 46.9 Å². The molecule has 2 fully saturated rings. The second kappa shape index (κ2) is 26.3. The van der Waals surface area contributed by atoms with E-state index in [1.54, 1.807) is 6.26 Å². The average Bonchev–Trinajstić information content (AvgIpc) is 3.41. The summed E-state index contributed by atoms with van der Waals surface area (Å²) < 4.78 is 12.0. The molecule has 73 heavy (non-hydrogen) atoms. The lowest BCUT2D eigenvalue weighted by Gasteiger charge is -2.37. The Balaban J connectivity index is 0.000000136. The fourth-order valence-electron chi connectivity index (χ4n) is 10.5. The normalized spacial score (nSPS) is 17.7. The van der Waals surface area contributed by atoms with Gasteiger partial charge in [-0.05, 0) is 163 Å². The van der Waals surface area contributed by atoms with Crippen LogP contribution < -0.4 is 14.7 Å². The van der Waals surface area contributed by atoms with Crippen LogP contribution in [0.15, 0.2) is 168 Å². The number of β-amino-alcohol motifs (C(OH)–C–C–N with tert-alkyl or cyclic N) is 1. The smallest absolute Gasteiger partial charge is 0.154 e. The van der Waals surface area contributed by atoms with Gasteiger partial charge in [0.1, 0.15) is 6.26 Å². The topological polar surface area (TPSA) is 66.0 Å². The molecular formula is C59H72ClN7O2S4. The molecule has 5 aliphatic rings. The highest BCUT2D eigenvalue weighted by Gasteiger charge is 2.28. The minimum absolute atomic E-state index is 0.258. The van der Waals surface area contributed by atoms with Crippen LogP contribution in [0.2, 0.25) is 5.02 Å². The Bertz CT molecular complexity index is 2700. The van der Waals surface area contributed by atoms with Gasteiger partial charge < -0.3 is 39.1 Å². The minimum atomic E-state index is -0.958. The minimum Gasteiger partial charge on any atom is -0.612 e. The van der Waals surface area contributed by atoms with Crippen LogP contribution in [0.1, 0.15) is 38.5 Å². The zero-order valence-corrected chi connectivity index (χ0v) is 47.0. The number of aliphatic hydroxyl groups excluding tert-OH is 1. The SMILES string of the molecule is CN(C)CCCN1c2ccccc2Sc2ccccc21.CN1CCCCC1CCN1c2ccccc2Sc2ccc([S+](C)[O-])cc21.OCCN1CCN(CCCN2c3ccccc3Sc3ccc(Cl)cc32)CC1. The van der Waals surface area contributed by atoms with E-state index in [1.165, 1.54) is 95.7 Å². The van der Waals surface area contributed by atoms with E-state index in [4.69, 9.17) is 16.7 Å². The number of fused-ring (bicyclic) bond motifs is 6. The molecule has 9 nitrogen and oxygen atoms in total. The monoisotopic (exact) mass is 1070 g/mol. The van der Waals surface area contributed by atoms with Gasteiger partial charge in [-0.3, -0.25) is 4.90 Å². The van der Waals surface area contributed by atoms with E-state index in [2.05, 4.69) is 177 Å². The van der Waals surface area contributed by atoms with Gasteiger partial charge in [0, 0.05) is 98.9 Å². The molecule has 0 aromatic heterocycles. The molecule has 11 rings (SSSR count). The van der Waals surface area contributed by atoms with Gasteiger partial charge in [0.25, 0.3) is 0 Å². The zero-order chi connectivity index (χ0) is 50.7. The van der Waals surface area contributed by atoms with Gasteiger partial charge in [0.15, 0.2) is 4.90 Å². The Kier molecular flexibility index (Phi) is 19.4. The number of hydrogen-bond donors (Lipinski definition) is 1. The molecule has 2 saturated heterocycles. The maximum absolute atomic E-state index is 12.0. The second-order valence-electron chi connectivity index (χ2n) is 19.7. The molecule has 5 aliphatic heterocycles. The van der Waals surface area contributed by atoms with Crippen LogP contribution in [-0.2, 0) is 11.2 Å². The van der Waals surface area contributed by atoms with Crippen molar-refractivity contribution in [2.45, 2.75) is 78.8 Å². The molecule has 0 bridgehead atoms. The molecule has 6 aromatic rings. The van der Waals surface area contributed by atoms with Crippen molar-refractivity contribution in [3.63, 3.8) is 0 Å². The third-order valence-corrected chi connectivity index (χ3v) is 18.9. The summed E-state index contributed by atoms with van der Waals surface area (Å²) in [5.41, 5.74) is 7.68. The Morgan fingerprint density at radius 1 is 0.562 bits per heavy atom. The summed E-state index contributed by atoms with van der Waals surface area (Å²) in [6.07, 6.45) is 9.17. The number of aliphatic hydroxyl groups is 1. The molecule has 5 heterocycles. The zero-order valence-electron chi connectivity index (χ0n) is 43.0. The van der Waals surface area contributed by atoms with Gasteiger partial charge in [0.05, 0.1) is 40.7 Å². The lowest BCUT2D eigenvalue weighted by molar-refractivity contribution is 0.112. The van der Waals surface area contributed by atoms with E-state index in [9.17, 15) is 4.55 Å². The molecule has 14 heteroatoms. The highest BCUT2D eigenvalue weighted by Crippen LogP contribution is 2.51. The van der Waals surface area contributed by atoms with Crippen molar-refractivity contribution < 1.29 is 9.66 Å². The maximum atomic E-state index is 12.0. The number of nitrogens with zero attached hydrogens (tertiary/aromatic N) is 7. The third kappa shape index (κ3) is 13.8. The van der Waals surface area contributed by atoms with Crippen molar-refractivity contribution in [3.8, 4) is 0 Å². The molecule has 0 saturated carbocycles. The van der Waals surface area contributed by atoms with Crippen molar-refractivity contribution in [3.05, 3.63) is 138 Å². The number of likely N-dealkylation sites (tertiary alicyclic amines) is 1. The Morgan fingerprint density at radius 3 is 1.55 bits per heavy atom. The molecule has 1 N–H and O–H groups in total. The number of piperazine rings is 1. The predicted octanol–water partition coefficient (Wildman–Crippen LogP) is 13.1. The van der Waals surface area contributed by atoms with Gasteiger partial charge >= 0.3 is 0 Å². The molecule has 6 aromatic carbocycles. The molecule has 0 spiro atoms. The number of piperidine rings is 1. The molecule has 2 atom stereocenters. The molecule has 0 amide bonds. The van der Waals surface area contributed by atoms with Crippen molar-refractivity contribution in [1.29, 1.82) is 0 Å². The second-order valence-corrected chi connectivity index (χ2v) is 24.7. The number of hydrogen-bond acceptors (Lipinski definition) is 12. The molecule has 386 valence electrons. The summed E-state index contributed by atoms with van der Waals surface area (Å²) in [6, 6.07) is 47.8. The average molecular weight is 1070 g/mol. The van der Waals surface area contributed by atoms with Gasteiger partial charge in [-0.2, -0.15) is 0 Å². The molecule has 2 unspecified atom stereocenters. The lowest BCUT2D eigenvalue weighted by Crippen LogP contribution is -2.47. The number of rotatable bonds is 14. The quantitative estimate of drug-likeness (QED) is 0.106. The Hall–Kier alpha value is -3.83. The summed E-state index contributed by atoms with van der Waals surface area (Å²) in [5.74, 6) is 0. The van der Waals surface area contributed by atoms with Gasteiger partial charge in [-0.15, -0.1) is 0 Å². The van der Waals surface area contributed by atoms with E-state index in [1.807, 2.05) is 47.4 Å². The highest BCUT2D eigenvalue weighted by atomic mass is 35.5. The Morgan fingerprint density at radius 2 is 1.03 bits per heavy atom. The van der Waals surface area contributed by atoms with E-state index in [-0.39, 0.29) is 6.61 Å². The van der Waals surface area contributed by atoms with Crippen LogP contribution in [0.5, 0.6) is 0 Å². The summed E-state index contributed by atoms with van der Waals surface area (Å²) in [6.45, 7) is 11.8. The van der Waals surface area contributed by atoms with Crippen molar-refractivity contribution in [2.75, 3.05) is 121 Å². The first-order valence-electron chi connectivity index (χ1n) is 26.0. The van der Waals surface area contributed by atoms with Crippen molar-refractivity contribution >= 4 is 92.2 Å². The van der Waals surface area contributed by atoms with Gasteiger partial charge in [-0.25, -0.2) is 0 Å². The van der Waals surface area contributed by atoms with E-state index in [0.717, 1.165) is 88.2 Å². The van der Waals surface area contributed by atoms with E-state index < -0.39 is 11.2 Å². The van der Waals surface area contributed by atoms with Crippen molar-refractivity contribution in [1.82, 2.24) is 19.6 Å². The largest absolute Gasteiger partial charge is 0.612 e. The Labute approximate surface area is 456 Å². The number of benzene rings is 6. The number of para-hydroxylation sites is 4. The lowest BCUT2D eigenvalue weighted by atomic mass is 9.99. The van der Waals surface area contributed by atoms with E-state index in [0.29, 0.717) is 6.04 Å². The summed E-state index contributed by atoms with van der Waals surface area (Å²) in [5, 5.41) is 9.87. The first-order chi connectivity index (χ1) is 35.6. The molecule has 0 aliphatic carbocycles. The first-order valence-corrected chi connectivity index (χ1v) is 30.4. The summed E-state index contributed by atoms with van der Waals surface area (Å²) in [7, 11) is 6.53.